The van der Waals surface area contributed by atoms with E-state index in [-0.39, 0.29) is 5.92 Å². The topological polar surface area (TPSA) is 75.5 Å². The van der Waals surface area contributed by atoms with Crippen molar-refractivity contribution >= 4 is 0 Å². The standard InChI is InChI=1S/C13H17N3O3/c1-9(2)13(17)7-16(8-13)6-11-14-15-12(19-11)10-4-3-5-18-10/h3-5,9,17H,6-8H2,1-2H3. The molecule has 1 fully saturated rings. The molecule has 1 aliphatic rings. The van der Waals surface area contributed by atoms with E-state index in [0.29, 0.717) is 37.2 Å². The van der Waals surface area contributed by atoms with Gasteiger partial charge in [-0.05, 0) is 18.1 Å². The summed E-state index contributed by atoms with van der Waals surface area (Å²) in [6.07, 6.45) is 1.57. The third kappa shape index (κ3) is 2.29. The maximum atomic E-state index is 10.2. The average molecular weight is 263 g/mol. The van der Waals surface area contributed by atoms with Crippen LogP contribution < -0.4 is 0 Å². The Kier molecular flexibility index (Phi) is 2.91. The maximum absolute atomic E-state index is 10.2. The number of hydrogen-bond acceptors (Lipinski definition) is 6. The van der Waals surface area contributed by atoms with Gasteiger partial charge in [0.2, 0.25) is 5.89 Å². The molecular weight excluding hydrogens is 246 g/mol. The average Bonchev–Trinajstić information content (AvgIpc) is 2.96. The molecule has 0 saturated carbocycles. The van der Waals surface area contributed by atoms with Crippen LogP contribution in [0.2, 0.25) is 0 Å². The van der Waals surface area contributed by atoms with Crippen LogP contribution >= 0.6 is 0 Å². The summed E-state index contributed by atoms with van der Waals surface area (Å²) in [4.78, 5) is 2.08. The normalized spacial score (nSPS) is 18.7. The highest BCUT2D eigenvalue weighted by atomic mass is 16.4. The number of β-amino-alcohol motifs (C(OH)–C–C–N with tert-alkyl or cyclic N) is 1. The van der Waals surface area contributed by atoms with E-state index < -0.39 is 5.60 Å². The molecule has 2 aromatic heterocycles. The maximum Gasteiger partial charge on any atom is 0.283 e. The lowest BCUT2D eigenvalue weighted by atomic mass is 9.83. The van der Waals surface area contributed by atoms with Crippen molar-refractivity contribution < 1.29 is 13.9 Å². The fourth-order valence-corrected chi connectivity index (χ4v) is 2.21. The summed E-state index contributed by atoms with van der Waals surface area (Å²) in [6, 6.07) is 3.55. The predicted molar refractivity (Wildman–Crippen MR) is 67.1 cm³/mol. The molecule has 0 atom stereocenters. The van der Waals surface area contributed by atoms with Crippen molar-refractivity contribution in [3.05, 3.63) is 24.3 Å². The molecule has 6 heteroatoms. The van der Waals surface area contributed by atoms with Crippen LogP contribution in [0.1, 0.15) is 19.7 Å². The van der Waals surface area contributed by atoms with Gasteiger partial charge in [-0.1, -0.05) is 13.8 Å². The number of hydrogen-bond donors (Lipinski definition) is 1. The number of furan rings is 1. The molecule has 0 aliphatic carbocycles. The van der Waals surface area contributed by atoms with E-state index >= 15 is 0 Å². The van der Waals surface area contributed by atoms with Crippen LogP contribution in [0.15, 0.2) is 27.2 Å². The summed E-state index contributed by atoms with van der Waals surface area (Å²) in [5.41, 5.74) is -0.580. The fourth-order valence-electron chi connectivity index (χ4n) is 2.21. The Bertz CT molecular complexity index is 541. The molecule has 3 rings (SSSR count). The second kappa shape index (κ2) is 4.47. The molecule has 2 aromatic rings. The van der Waals surface area contributed by atoms with Crippen LogP contribution in [0.5, 0.6) is 0 Å². The summed E-state index contributed by atoms with van der Waals surface area (Å²) in [6.45, 7) is 5.90. The highest BCUT2D eigenvalue weighted by Gasteiger charge is 2.43. The van der Waals surface area contributed by atoms with Crippen LogP contribution in [0, 0.1) is 5.92 Å². The zero-order chi connectivity index (χ0) is 13.5. The Labute approximate surface area is 111 Å². The van der Waals surface area contributed by atoms with E-state index in [2.05, 4.69) is 15.1 Å². The predicted octanol–water partition coefficient (Wildman–Crippen LogP) is 1.53. The van der Waals surface area contributed by atoms with Crippen molar-refractivity contribution in [2.24, 2.45) is 5.92 Å². The van der Waals surface area contributed by atoms with Gasteiger partial charge >= 0.3 is 0 Å². The fraction of sp³-hybridized carbons (Fsp3) is 0.538. The van der Waals surface area contributed by atoms with Gasteiger partial charge in [0.15, 0.2) is 5.76 Å². The molecular formula is C13H17N3O3. The third-order valence-electron chi connectivity index (χ3n) is 3.63. The monoisotopic (exact) mass is 263 g/mol. The van der Waals surface area contributed by atoms with Gasteiger partial charge in [-0.25, -0.2) is 0 Å². The first-order chi connectivity index (χ1) is 9.07. The van der Waals surface area contributed by atoms with Crippen LogP contribution in [0.3, 0.4) is 0 Å². The van der Waals surface area contributed by atoms with Gasteiger partial charge < -0.3 is 13.9 Å². The van der Waals surface area contributed by atoms with E-state index in [0.717, 1.165) is 0 Å². The SMILES string of the molecule is CC(C)C1(O)CN(Cc2nnc(-c3ccco3)o2)C1. The summed E-state index contributed by atoms with van der Waals surface area (Å²) in [7, 11) is 0. The third-order valence-corrected chi connectivity index (χ3v) is 3.63. The van der Waals surface area contributed by atoms with Gasteiger partial charge in [0.05, 0.1) is 18.4 Å². The number of aromatic nitrogens is 2. The van der Waals surface area contributed by atoms with E-state index in [1.807, 2.05) is 13.8 Å². The lowest BCUT2D eigenvalue weighted by Gasteiger charge is -2.48. The molecule has 6 nitrogen and oxygen atoms in total. The Hall–Kier alpha value is -1.66. The molecule has 0 radical (unpaired) electrons. The molecule has 0 bridgehead atoms. The molecule has 0 aromatic carbocycles. The van der Waals surface area contributed by atoms with Crippen LogP contribution in [-0.4, -0.2) is 38.9 Å². The van der Waals surface area contributed by atoms with Gasteiger partial charge in [-0.3, -0.25) is 4.90 Å². The minimum Gasteiger partial charge on any atom is -0.459 e. The van der Waals surface area contributed by atoms with Gasteiger partial charge in [0.25, 0.3) is 5.89 Å². The minimum atomic E-state index is -0.580. The molecule has 1 N–H and O–H groups in total. The van der Waals surface area contributed by atoms with Crippen LogP contribution in [0.4, 0.5) is 0 Å². The molecule has 0 unspecified atom stereocenters. The van der Waals surface area contributed by atoms with E-state index in [1.54, 1.807) is 18.4 Å². The smallest absolute Gasteiger partial charge is 0.283 e. The summed E-state index contributed by atoms with van der Waals surface area (Å²) in [5.74, 6) is 1.75. The van der Waals surface area contributed by atoms with Gasteiger partial charge in [-0.15, -0.1) is 10.2 Å². The van der Waals surface area contributed by atoms with Crippen molar-refractivity contribution in [3.63, 3.8) is 0 Å². The first-order valence-corrected chi connectivity index (χ1v) is 6.38. The Morgan fingerprint density at radius 3 is 2.84 bits per heavy atom. The highest BCUT2D eigenvalue weighted by Crippen LogP contribution is 2.29. The van der Waals surface area contributed by atoms with Gasteiger partial charge in [0.1, 0.15) is 0 Å². The number of likely N-dealkylation sites (tertiary alicyclic amines) is 1. The molecule has 102 valence electrons. The van der Waals surface area contributed by atoms with Crippen LogP contribution in [0.25, 0.3) is 11.7 Å². The summed E-state index contributed by atoms with van der Waals surface area (Å²) < 4.78 is 10.7. The van der Waals surface area contributed by atoms with Crippen molar-refractivity contribution in [1.82, 2.24) is 15.1 Å². The second-order valence-corrected chi connectivity index (χ2v) is 5.38. The molecule has 1 saturated heterocycles. The lowest BCUT2D eigenvalue weighted by Crippen LogP contribution is -2.63. The largest absolute Gasteiger partial charge is 0.459 e. The molecule has 19 heavy (non-hydrogen) atoms. The van der Waals surface area contributed by atoms with Crippen molar-refractivity contribution in [2.75, 3.05) is 13.1 Å². The summed E-state index contributed by atoms with van der Waals surface area (Å²) in [5, 5.41) is 18.1. The van der Waals surface area contributed by atoms with Crippen molar-refractivity contribution in [3.8, 4) is 11.7 Å². The Balaban J connectivity index is 1.61. The first-order valence-electron chi connectivity index (χ1n) is 6.38. The molecule has 1 aliphatic heterocycles. The molecule has 0 amide bonds. The van der Waals surface area contributed by atoms with Crippen molar-refractivity contribution in [1.29, 1.82) is 0 Å². The van der Waals surface area contributed by atoms with Crippen LogP contribution in [-0.2, 0) is 6.54 Å². The zero-order valence-electron chi connectivity index (χ0n) is 11.0. The zero-order valence-corrected chi connectivity index (χ0v) is 11.0. The molecule has 3 heterocycles. The summed E-state index contributed by atoms with van der Waals surface area (Å²) >= 11 is 0. The van der Waals surface area contributed by atoms with Crippen molar-refractivity contribution in [2.45, 2.75) is 26.0 Å². The van der Waals surface area contributed by atoms with E-state index in [1.165, 1.54) is 0 Å². The number of rotatable bonds is 4. The first kappa shape index (κ1) is 12.4. The lowest BCUT2D eigenvalue weighted by molar-refractivity contribution is -0.132. The number of aliphatic hydroxyl groups is 1. The molecule has 0 spiro atoms. The van der Waals surface area contributed by atoms with Gasteiger partial charge in [-0.2, -0.15) is 0 Å². The van der Waals surface area contributed by atoms with E-state index in [4.69, 9.17) is 8.83 Å². The Morgan fingerprint density at radius 2 is 2.21 bits per heavy atom. The quantitative estimate of drug-likeness (QED) is 0.901. The Morgan fingerprint density at radius 1 is 1.42 bits per heavy atom. The highest BCUT2D eigenvalue weighted by molar-refractivity contribution is 5.42. The van der Waals surface area contributed by atoms with Gasteiger partial charge in [0, 0.05) is 13.1 Å². The second-order valence-electron chi connectivity index (χ2n) is 5.38. The van der Waals surface area contributed by atoms with E-state index in [9.17, 15) is 5.11 Å². The minimum absolute atomic E-state index is 0.255. The number of nitrogens with zero attached hydrogens (tertiary/aromatic N) is 3.